The summed E-state index contributed by atoms with van der Waals surface area (Å²) in [5.41, 5.74) is 4.28. The average Bonchev–Trinajstić information content (AvgIpc) is 3.73. The number of nitrogens with one attached hydrogen (secondary N) is 2. The highest BCUT2D eigenvalue weighted by atomic mass is 32.2. The molecule has 7 atom stereocenters. The van der Waals surface area contributed by atoms with Crippen LogP contribution in [0.4, 0.5) is 5.82 Å². The second-order valence-electron chi connectivity index (χ2n) is 14.6. The van der Waals surface area contributed by atoms with Crippen molar-refractivity contribution in [3.8, 4) is 0 Å². The molecule has 24 nitrogen and oxygen atoms in total. The number of unbranched alkanes of at least 4 members (excludes halogenated alkanes) is 7. The van der Waals surface area contributed by atoms with Crippen LogP contribution in [0, 0.1) is 5.41 Å². The van der Waals surface area contributed by atoms with Crippen molar-refractivity contribution in [1.82, 2.24) is 30.2 Å². The normalized spacial score (nSPS) is 20.8. The molecular formula is C33H56N7O17P3S. The van der Waals surface area contributed by atoms with Crippen LogP contribution >= 0.6 is 35.2 Å². The molecule has 1 fully saturated rings. The van der Waals surface area contributed by atoms with Crippen LogP contribution in [0.15, 0.2) is 25.3 Å². The van der Waals surface area contributed by atoms with E-state index < -0.39 is 84.6 Å². The van der Waals surface area contributed by atoms with Crippen LogP contribution in [-0.4, -0.2) is 123 Å². The minimum atomic E-state index is -5.57. The topological polar surface area (TPSA) is 364 Å². The standard InChI is InChI=1S/C33H56N7O17P3S/c1-4-5-6-7-8-9-10-11-12-13-24(42)61-17-16-35-23(41)14-15-36-31(45)28(44)33(2,3)19-54-60(51,52)57-59(49,50)53-18-22-27(56-58(46,47)48)26(43)32(55-22)40-21-39-25-29(34)37-20-38-30(25)40/h4,20-22,26-28,32,43-44H,1,5-19H2,2-3H3,(H,35,41)(H,36,45)(H,49,50)(H,51,52)(H2,34,37,38)(H2,46,47,48). The van der Waals surface area contributed by atoms with Gasteiger partial charge in [-0.2, -0.15) is 4.31 Å². The number of nitrogens with two attached hydrogens (primary N) is 1. The van der Waals surface area contributed by atoms with Crippen molar-refractivity contribution >= 4 is 69.1 Å². The lowest BCUT2D eigenvalue weighted by molar-refractivity contribution is -0.137. The second kappa shape index (κ2) is 24.4. The molecule has 7 unspecified atom stereocenters. The number of fused-ring (bicyclic) bond motifs is 1. The monoisotopic (exact) mass is 947 g/mol. The predicted octanol–water partition coefficient (Wildman–Crippen LogP) is 2.36. The minimum absolute atomic E-state index is 0.0320. The van der Waals surface area contributed by atoms with Crippen LogP contribution in [0.5, 0.6) is 0 Å². The van der Waals surface area contributed by atoms with E-state index in [0.29, 0.717) is 12.2 Å². The largest absolute Gasteiger partial charge is 0.481 e. The molecule has 0 spiro atoms. The molecule has 2 aromatic rings. The minimum Gasteiger partial charge on any atom is -0.386 e. The number of ether oxygens (including phenoxy) is 1. The number of aromatic nitrogens is 4. The first-order valence-corrected chi connectivity index (χ1v) is 24.7. The molecule has 2 amide bonds. The first kappa shape index (κ1) is 52.6. The third-order valence-electron chi connectivity index (χ3n) is 9.05. The van der Waals surface area contributed by atoms with Gasteiger partial charge >= 0.3 is 23.5 Å². The molecule has 0 aromatic carbocycles. The van der Waals surface area contributed by atoms with E-state index in [4.69, 9.17) is 19.5 Å². The maximum Gasteiger partial charge on any atom is 0.481 e. The molecule has 61 heavy (non-hydrogen) atoms. The van der Waals surface area contributed by atoms with Gasteiger partial charge in [-0.1, -0.05) is 63.8 Å². The van der Waals surface area contributed by atoms with Crippen LogP contribution in [-0.2, 0) is 50.7 Å². The van der Waals surface area contributed by atoms with Gasteiger partial charge in [-0.25, -0.2) is 28.6 Å². The number of rotatable bonds is 29. The van der Waals surface area contributed by atoms with E-state index in [2.05, 4.69) is 41.0 Å². The third-order valence-corrected chi connectivity index (χ3v) is 13.1. The first-order chi connectivity index (χ1) is 28.6. The summed E-state index contributed by atoms with van der Waals surface area (Å²) in [7, 11) is -16.4. The molecule has 0 aliphatic carbocycles. The Morgan fingerprint density at radius 1 is 0.984 bits per heavy atom. The van der Waals surface area contributed by atoms with Gasteiger partial charge in [0.1, 0.15) is 36.3 Å². The summed E-state index contributed by atoms with van der Waals surface area (Å²) >= 11 is 1.14. The zero-order chi connectivity index (χ0) is 45.4. The van der Waals surface area contributed by atoms with E-state index in [9.17, 15) is 57.9 Å². The number of phosphoric acid groups is 3. The molecule has 1 aliphatic rings. The number of anilines is 1. The van der Waals surface area contributed by atoms with Crippen LogP contribution in [0.2, 0.25) is 0 Å². The highest BCUT2D eigenvalue weighted by Crippen LogP contribution is 2.61. The number of nitrogens with zero attached hydrogens (tertiary/aromatic N) is 4. The zero-order valence-corrected chi connectivity index (χ0v) is 37.2. The smallest absolute Gasteiger partial charge is 0.386 e. The lowest BCUT2D eigenvalue weighted by Gasteiger charge is -2.30. The average molecular weight is 948 g/mol. The lowest BCUT2D eigenvalue weighted by Crippen LogP contribution is -2.46. The van der Waals surface area contributed by atoms with Gasteiger partial charge in [-0.15, -0.1) is 6.58 Å². The number of aliphatic hydroxyl groups excluding tert-OH is 2. The van der Waals surface area contributed by atoms with Gasteiger partial charge in [0.2, 0.25) is 11.8 Å². The summed E-state index contributed by atoms with van der Waals surface area (Å²) in [6, 6.07) is 0. The van der Waals surface area contributed by atoms with Crippen molar-refractivity contribution in [2.75, 3.05) is 37.8 Å². The molecule has 10 N–H and O–H groups in total. The van der Waals surface area contributed by atoms with E-state index in [0.717, 1.165) is 67.5 Å². The molecule has 2 aromatic heterocycles. The van der Waals surface area contributed by atoms with Gasteiger partial charge in [0.25, 0.3) is 0 Å². The number of hydrogen-bond acceptors (Lipinski definition) is 18. The van der Waals surface area contributed by atoms with Gasteiger partial charge in [-0.05, 0) is 19.3 Å². The number of nitrogen functional groups attached to an aromatic ring is 1. The molecule has 0 bridgehead atoms. The SMILES string of the molecule is C=CCCCCCCCCCC(=O)SCCNC(=O)CCNC(=O)C(O)C(C)(C)COP(=O)(O)OP(=O)(O)OCC1OC(n2cnc3c(N)ncnc32)C(O)C1OP(=O)(O)O. The van der Waals surface area contributed by atoms with E-state index >= 15 is 0 Å². The number of carbonyl (C=O) groups is 3. The van der Waals surface area contributed by atoms with Crippen LogP contribution < -0.4 is 16.4 Å². The molecule has 1 saturated heterocycles. The van der Waals surface area contributed by atoms with Gasteiger partial charge in [0, 0.05) is 37.1 Å². The second-order valence-corrected chi connectivity index (χ2v) is 20.0. The van der Waals surface area contributed by atoms with Gasteiger partial charge < -0.3 is 50.9 Å². The Balaban J connectivity index is 1.39. The highest BCUT2D eigenvalue weighted by molar-refractivity contribution is 8.13. The summed E-state index contributed by atoms with van der Waals surface area (Å²) in [5, 5.41) is 26.6. The molecular weight excluding hydrogens is 891 g/mol. The van der Waals surface area contributed by atoms with Crippen LogP contribution in [0.3, 0.4) is 0 Å². The molecule has 0 saturated carbocycles. The number of carbonyl (C=O) groups excluding carboxylic acids is 3. The Kier molecular flexibility index (Phi) is 21.0. The van der Waals surface area contributed by atoms with Gasteiger partial charge in [-0.3, -0.25) is 32.5 Å². The van der Waals surface area contributed by atoms with Crippen molar-refractivity contribution < 1.29 is 80.5 Å². The van der Waals surface area contributed by atoms with Crippen molar-refractivity contribution in [2.24, 2.45) is 5.41 Å². The van der Waals surface area contributed by atoms with Gasteiger partial charge in [0.05, 0.1) is 19.5 Å². The van der Waals surface area contributed by atoms with Crippen molar-refractivity contribution in [3.05, 3.63) is 25.3 Å². The maximum atomic E-state index is 12.7. The van der Waals surface area contributed by atoms with Crippen LogP contribution in [0.1, 0.15) is 84.3 Å². The fourth-order valence-electron chi connectivity index (χ4n) is 5.81. The fraction of sp³-hybridized carbons (Fsp3) is 0.697. The quantitative estimate of drug-likeness (QED) is 0.0321. The summed E-state index contributed by atoms with van der Waals surface area (Å²) < 4.78 is 62.3. The number of imidazole rings is 1. The van der Waals surface area contributed by atoms with Crippen molar-refractivity contribution in [2.45, 2.75) is 109 Å². The van der Waals surface area contributed by atoms with E-state index in [-0.39, 0.29) is 41.6 Å². The van der Waals surface area contributed by atoms with E-state index in [1.165, 1.54) is 26.7 Å². The summed E-state index contributed by atoms with van der Waals surface area (Å²) in [4.78, 5) is 88.0. The summed E-state index contributed by atoms with van der Waals surface area (Å²) in [6.45, 7) is 4.27. The molecule has 0 radical (unpaired) electrons. The predicted molar refractivity (Wildman–Crippen MR) is 219 cm³/mol. The Labute approximate surface area is 356 Å². The van der Waals surface area contributed by atoms with E-state index in [1.807, 2.05) is 6.08 Å². The Morgan fingerprint density at radius 3 is 2.31 bits per heavy atom. The van der Waals surface area contributed by atoms with Crippen LogP contribution in [0.25, 0.3) is 11.2 Å². The molecule has 1 aliphatic heterocycles. The number of amides is 2. The Bertz CT molecular complexity index is 1920. The maximum absolute atomic E-state index is 12.7. The molecule has 3 heterocycles. The number of phosphoric ester groups is 3. The Morgan fingerprint density at radius 2 is 1.64 bits per heavy atom. The fourth-order valence-corrected chi connectivity index (χ4v) is 9.36. The van der Waals surface area contributed by atoms with Gasteiger partial charge in [0.15, 0.2) is 22.8 Å². The number of allylic oxidation sites excluding steroid dienone is 1. The van der Waals surface area contributed by atoms with Crippen molar-refractivity contribution in [3.63, 3.8) is 0 Å². The third kappa shape index (κ3) is 18.1. The Hall–Kier alpha value is -2.70. The number of thioether (sulfide) groups is 1. The molecule has 346 valence electrons. The first-order valence-electron chi connectivity index (χ1n) is 19.2. The number of hydrogen-bond donors (Lipinski definition) is 9. The lowest BCUT2D eigenvalue weighted by atomic mass is 9.87. The molecule has 3 rings (SSSR count). The van der Waals surface area contributed by atoms with E-state index in [1.54, 1.807) is 0 Å². The van der Waals surface area contributed by atoms with Crippen molar-refractivity contribution in [1.29, 1.82) is 0 Å². The number of aliphatic hydroxyl groups is 2. The molecule has 28 heteroatoms. The summed E-state index contributed by atoms with van der Waals surface area (Å²) in [5.74, 6) is -1.04. The summed E-state index contributed by atoms with van der Waals surface area (Å²) in [6.07, 6.45) is 4.12. The highest BCUT2D eigenvalue weighted by Gasteiger charge is 2.50. The zero-order valence-electron chi connectivity index (χ0n) is 33.7.